The maximum Gasteiger partial charge on any atom is 0.236 e. The van der Waals surface area contributed by atoms with Gasteiger partial charge in [0.15, 0.2) is 0 Å². The average Bonchev–Trinajstić information content (AvgIpc) is 3.20. The van der Waals surface area contributed by atoms with Gasteiger partial charge in [0.25, 0.3) is 0 Å². The van der Waals surface area contributed by atoms with Gasteiger partial charge in [-0.3, -0.25) is 4.90 Å². The van der Waals surface area contributed by atoms with E-state index in [1.807, 2.05) is 31.5 Å². The average molecular weight is 346 g/mol. The van der Waals surface area contributed by atoms with Gasteiger partial charge in [0.2, 0.25) is 5.89 Å². The molecule has 0 saturated carbocycles. The highest BCUT2D eigenvalue weighted by Gasteiger charge is 2.13. The van der Waals surface area contributed by atoms with Crippen molar-refractivity contribution in [3.63, 3.8) is 0 Å². The molecule has 0 N–H and O–H groups in total. The summed E-state index contributed by atoms with van der Waals surface area (Å²) in [5.74, 6) is 1.92. The lowest BCUT2D eigenvalue weighted by Crippen LogP contribution is -2.24. The highest BCUT2D eigenvalue weighted by Crippen LogP contribution is 2.26. The summed E-state index contributed by atoms with van der Waals surface area (Å²) in [7, 11) is 2.01. The molecule has 2 aromatic heterocycles. The van der Waals surface area contributed by atoms with Crippen molar-refractivity contribution in [2.45, 2.75) is 13.5 Å². The molecule has 0 atom stereocenters. The predicted molar refractivity (Wildman–Crippen MR) is 92.8 cm³/mol. The van der Waals surface area contributed by atoms with E-state index in [4.69, 9.17) is 9.15 Å². The van der Waals surface area contributed by atoms with Gasteiger partial charge in [0.1, 0.15) is 23.9 Å². The molecule has 0 aliphatic carbocycles. The number of nitrogens with zero attached hydrogens (tertiary/aromatic N) is 2. The van der Waals surface area contributed by atoms with Gasteiger partial charge in [-0.25, -0.2) is 9.37 Å². The van der Waals surface area contributed by atoms with Crippen molar-refractivity contribution in [2.75, 3.05) is 20.2 Å². The molecule has 0 aliphatic heterocycles. The van der Waals surface area contributed by atoms with Gasteiger partial charge in [0.05, 0.1) is 10.6 Å². The summed E-state index contributed by atoms with van der Waals surface area (Å²) in [6.07, 6.45) is 0. The van der Waals surface area contributed by atoms with Crippen LogP contribution in [0.4, 0.5) is 4.39 Å². The summed E-state index contributed by atoms with van der Waals surface area (Å²) in [5.41, 5.74) is 0.933. The van der Waals surface area contributed by atoms with Gasteiger partial charge in [-0.05, 0) is 49.7 Å². The SMILES string of the molecule is Cc1oc(-c2cccs2)nc1CN(C)CCOc1ccc(F)cc1. The Kier molecular flexibility index (Phi) is 5.27. The molecule has 0 bridgehead atoms. The van der Waals surface area contributed by atoms with Crippen molar-refractivity contribution < 1.29 is 13.5 Å². The smallest absolute Gasteiger partial charge is 0.236 e. The number of ether oxygens (including phenoxy) is 1. The first-order valence-corrected chi connectivity index (χ1v) is 8.57. The van der Waals surface area contributed by atoms with E-state index in [0.717, 1.165) is 22.9 Å². The molecule has 0 amide bonds. The standard InChI is InChI=1S/C18H19FN2O2S/c1-13-16(20-18(23-13)17-4-3-11-24-17)12-21(2)9-10-22-15-7-5-14(19)6-8-15/h3-8,11H,9-10,12H2,1-2H3. The molecule has 0 spiro atoms. The number of hydrogen-bond acceptors (Lipinski definition) is 5. The van der Waals surface area contributed by atoms with Crippen molar-refractivity contribution in [3.8, 4) is 16.5 Å². The molecule has 0 saturated heterocycles. The second-order valence-electron chi connectivity index (χ2n) is 5.54. The lowest BCUT2D eigenvalue weighted by atomic mass is 10.3. The van der Waals surface area contributed by atoms with Crippen LogP contribution in [0.25, 0.3) is 10.8 Å². The minimum atomic E-state index is -0.262. The molecule has 0 radical (unpaired) electrons. The van der Waals surface area contributed by atoms with Crippen LogP contribution in [0.1, 0.15) is 11.5 Å². The second kappa shape index (κ2) is 7.59. The number of benzene rings is 1. The molecule has 0 fully saturated rings. The highest BCUT2D eigenvalue weighted by atomic mass is 32.1. The summed E-state index contributed by atoms with van der Waals surface area (Å²) >= 11 is 1.61. The fraction of sp³-hybridized carbons (Fsp3) is 0.278. The van der Waals surface area contributed by atoms with Gasteiger partial charge in [-0.1, -0.05) is 6.07 Å². The third-order valence-corrected chi connectivity index (χ3v) is 4.46. The van der Waals surface area contributed by atoms with Gasteiger partial charge < -0.3 is 9.15 Å². The quantitative estimate of drug-likeness (QED) is 0.637. The number of halogens is 1. The van der Waals surface area contributed by atoms with E-state index in [1.165, 1.54) is 12.1 Å². The van der Waals surface area contributed by atoms with E-state index in [0.29, 0.717) is 24.8 Å². The number of hydrogen-bond donors (Lipinski definition) is 0. The van der Waals surface area contributed by atoms with E-state index in [-0.39, 0.29) is 5.82 Å². The Morgan fingerprint density at radius 3 is 2.75 bits per heavy atom. The Morgan fingerprint density at radius 1 is 1.25 bits per heavy atom. The lowest BCUT2D eigenvalue weighted by Gasteiger charge is -2.15. The van der Waals surface area contributed by atoms with Gasteiger partial charge in [-0.15, -0.1) is 11.3 Å². The van der Waals surface area contributed by atoms with Crippen molar-refractivity contribution in [3.05, 3.63) is 59.0 Å². The fourth-order valence-corrected chi connectivity index (χ4v) is 2.91. The number of rotatable bonds is 7. The van der Waals surface area contributed by atoms with Crippen LogP contribution in [0.15, 0.2) is 46.2 Å². The largest absolute Gasteiger partial charge is 0.492 e. The first kappa shape index (κ1) is 16.7. The third-order valence-electron chi connectivity index (χ3n) is 3.60. The molecular weight excluding hydrogens is 327 g/mol. The van der Waals surface area contributed by atoms with Crippen molar-refractivity contribution >= 4 is 11.3 Å². The fourth-order valence-electron chi connectivity index (χ4n) is 2.27. The second-order valence-corrected chi connectivity index (χ2v) is 6.49. The Hall–Kier alpha value is -2.18. The number of aryl methyl sites for hydroxylation is 1. The Morgan fingerprint density at radius 2 is 2.04 bits per heavy atom. The Labute approximate surface area is 144 Å². The van der Waals surface area contributed by atoms with Gasteiger partial charge in [0, 0.05) is 13.1 Å². The molecule has 3 rings (SSSR count). The van der Waals surface area contributed by atoms with E-state index < -0.39 is 0 Å². The normalized spacial score (nSPS) is 11.2. The first-order valence-electron chi connectivity index (χ1n) is 7.69. The van der Waals surface area contributed by atoms with Crippen LogP contribution in [0.2, 0.25) is 0 Å². The summed E-state index contributed by atoms with van der Waals surface area (Å²) in [5, 5.41) is 2.01. The van der Waals surface area contributed by atoms with E-state index in [9.17, 15) is 4.39 Å². The van der Waals surface area contributed by atoms with Crippen LogP contribution < -0.4 is 4.74 Å². The zero-order chi connectivity index (χ0) is 16.9. The molecule has 1 aromatic carbocycles. The van der Waals surface area contributed by atoms with Crippen molar-refractivity contribution in [1.29, 1.82) is 0 Å². The molecule has 6 heteroatoms. The molecule has 2 heterocycles. The van der Waals surface area contributed by atoms with Gasteiger partial charge >= 0.3 is 0 Å². The van der Waals surface area contributed by atoms with Crippen LogP contribution in [0.3, 0.4) is 0 Å². The molecule has 24 heavy (non-hydrogen) atoms. The van der Waals surface area contributed by atoms with E-state index in [1.54, 1.807) is 23.5 Å². The van der Waals surface area contributed by atoms with E-state index in [2.05, 4.69) is 9.88 Å². The summed E-state index contributed by atoms with van der Waals surface area (Å²) in [6, 6.07) is 10.0. The van der Waals surface area contributed by atoms with Crippen LogP contribution in [0, 0.1) is 12.7 Å². The molecule has 0 unspecified atom stereocenters. The minimum Gasteiger partial charge on any atom is -0.492 e. The van der Waals surface area contributed by atoms with E-state index >= 15 is 0 Å². The third kappa shape index (κ3) is 4.21. The molecule has 4 nitrogen and oxygen atoms in total. The van der Waals surface area contributed by atoms with Crippen LogP contribution in [-0.2, 0) is 6.54 Å². The predicted octanol–water partition coefficient (Wildman–Crippen LogP) is 4.36. The lowest BCUT2D eigenvalue weighted by molar-refractivity contribution is 0.231. The summed E-state index contributed by atoms with van der Waals surface area (Å²) in [6.45, 7) is 3.88. The monoisotopic (exact) mass is 346 g/mol. The maximum atomic E-state index is 12.8. The highest BCUT2D eigenvalue weighted by molar-refractivity contribution is 7.13. The number of oxazole rings is 1. The van der Waals surface area contributed by atoms with Crippen molar-refractivity contribution in [2.24, 2.45) is 0 Å². The Balaban J connectivity index is 1.51. The zero-order valence-corrected chi connectivity index (χ0v) is 14.5. The Bertz CT molecular complexity index is 769. The van der Waals surface area contributed by atoms with Crippen molar-refractivity contribution in [1.82, 2.24) is 9.88 Å². The van der Waals surface area contributed by atoms with Crippen LogP contribution in [-0.4, -0.2) is 30.1 Å². The minimum absolute atomic E-state index is 0.262. The molecule has 126 valence electrons. The number of likely N-dealkylation sites (N-methyl/N-ethyl adjacent to an activating group) is 1. The number of thiophene rings is 1. The topological polar surface area (TPSA) is 38.5 Å². The molecular formula is C18H19FN2O2S. The zero-order valence-electron chi connectivity index (χ0n) is 13.7. The maximum absolute atomic E-state index is 12.8. The first-order chi connectivity index (χ1) is 11.6. The molecule has 3 aromatic rings. The summed E-state index contributed by atoms with van der Waals surface area (Å²) in [4.78, 5) is 7.74. The van der Waals surface area contributed by atoms with Gasteiger partial charge in [-0.2, -0.15) is 0 Å². The summed E-state index contributed by atoms with van der Waals surface area (Å²) < 4.78 is 24.2. The molecule has 0 aliphatic rings. The van der Waals surface area contributed by atoms with Crippen LogP contribution in [0.5, 0.6) is 5.75 Å². The van der Waals surface area contributed by atoms with Crippen LogP contribution >= 0.6 is 11.3 Å². The number of aromatic nitrogens is 1.